The topological polar surface area (TPSA) is 29.6 Å². The third-order valence-corrected chi connectivity index (χ3v) is 13.0. The van der Waals surface area contributed by atoms with E-state index in [9.17, 15) is 0 Å². The van der Waals surface area contributed by atoms with Crippen LogP contribution in [-0.4, -0.2) is 42.4 Å². The van der Waals surface area contributed by atoms with Crippen LogP contribution in [0.3, 0.4) is 0 Å². The summed E-state index contributed by atoms with van der Waals surface area (Å²) in [5, 5.41) is 5.63. The van der Waals surface area contributed by atoms with Gasteiger partial charge in [0.1, 0.15) is 0 Å². The van der Waals surface area contributed by atoms with Crippen LogP contribution in [0, 0.1) is 6.65 Å². The molecule has 10 heteroatoms. The van der Waals surface area contributed by atoms with Crippen LogP contribution in [0.5, 0.6) is 0 Å². The first kappa shape index (κ1) is 39.5. The van der Waals surface area contributed by atoms with Gasteiger partial charge in [-0.05, 0) is 63.0 Å². The van der Waals surface area contributed by atoms with Gasteiger partial charge in [0, 0.05) is 37.0 Å². The van der Waals surface area contributed by atoms with E-state index in [0.29, 0.717) is 4.32 Å². The van der Waals surface area contributed by atoms with Gasteiger partial charge in [0.15, 0.2) is 0 Å². The molecule has 5 aromatic carbocycles. The van der Waals surface area contributed by atoms with Gasteiger partial charge in [-0.15, -0.1) is 0 Å². The molecule has 1 aliphatic heterocycles. The molecule has 0 spiro atoms. The van der Waals surface area contributed by atoms with Crippen molar-refractivity contribution in [3.8, 4) is 0 Å². The van der Waals surface area contributed by atoms with Crippen LogP contribution in [0.1, 0.15) is 13.8 Å². The summed E-state index contributed by atoms with van der Waals surface area (Å²) in [6, 6.07) is 52.8. The molecular formula is C38H38BN3OP2RuS2. The second-order valence-corrected chi connectivity index (χ2v) is 15.8. The Balaban J connectivity index is 0.000000502. The molecule has 2 radical (unpaired) electrons. The van der Waals surface area contributed by atoms with Crippen LogP contribution >= 0.6 is 28.1 Å². The van der Waals surface area contributed by atoms with E-state index in [0.717, 1.165) is 25.7 Å². The smallest absolute Gasteiger partial charge is 1.00 e. The van der Waals surface area contributed by atoms with Crippen molar-refractivity contribution in [3.63, 3.8) is 0 Å². The fraction of sp³-hybridized carbons (Fsp3) is 0.158. The minimum Gasteiger partial charge on any atom is 1.00 e. The monoisotopic (exact) mass is 791 g/mol. The maximum atomic E-state index is 7.50. The Morgan fingerprint density at radius 2 is 0.875 bits per heavy atom. The van der Waals surface area contributed by atoms with Gasteiger partial charge >= 0.3 is 38.3 Å². The standard InChI is InChI=1S/C32H28BN2P2.C5H11NS2.CO.Ru/c1-5-15-27(16-6-1)36(28-17-7-2-8-18-28)25-34-31-23-13-14-24-32(31)35(33-34)26-37(29-19-9-3-10-20-29)30-21-11-4-12-22-30;1-3-6(4-2)5(7)8;1-2;/h1-24H,25-26H2;3-4H2,1-2H3,(H,7,8);;/q;;;+1/p-1. The Morgan fingerprint density at radius 3 is 1.10 bits per heavy atom. The molecule has 4 nitrogen and oxygen atoms in total. The molecule has 0 N–H and O–H groups in total. The van der Waals surface area contributed by atoms with E-state index in [1.54, 1.807) is 0 Å². The zero-order valence-electron chi connectivity index (χ0n) is 27.1. The molecule has 0 unspecified atom stereocenters. The Bertz CT molecular complexity index is 1480. The number of fused-ring (bicyclic) bond motifs is 1. The summed E-state index contributed by atoms with van der Waals surface area (Å²) >= 11 is 9.51. The first-order valence-corrected chi connectivity index (χ1v) is 19.3. The third-order valence-electron chi connectivity index (χ3n) is 7.66. The van der Waals surface area contributed by atoms with Crippen LogP contribution < -0.4 is 30.8 Å². The van der Waals surface area contributed by atoms with E-state index in [-0.39, 0.29) is 19.5 Å². The molecule has 1 heterocycles. The Hall–Kier alpha value is -2.90. The molecule has 1 aliphatic rings. The minimum atomic E-state index is -0.540. The molecule has 0 aromatic heterocycles. The molecule has 5 aromatic rings. The van der Waals surface area contributed by atoms with Crippen molar-refractivity contribution < 1.29 is 24.1 Å². The van der Waals surface area contributed by atoms with Crippen molar-refractivity contribution in [1.82, 2.24) is 4.90 Å². The summed E-state index contributed by atoms with van der Waals surface area (Å²) in [7, 11) is 1.27. The van der Waals surface area contributed by atoms with Gasteiger partial charge in [-0.3, -0.25) is 0 Å². The van der Waals surface area contributed by atoms with E-state index in [2.05, 4.69) is 169 Å². The fourth-order valence-electron chi connectivity index (χ4n) is 5.31. The van der Waals surface area contributed by atoms with Gasteiger partial charge in [0.25, 0.3) is 0 Å². The molecule has 0 saturated heterocycles. The second-order valence-electron chi connectivity index (χ2n) is 10.5. The van der Waals surface area contributed by atoms with Gasteiger partial charge in [-0.1, -0.05) is 138 Å². The quantitative estimate of drug-likeness (QED) is 0.0375. The number of thiocarbonyl (C=S) groups is 1. The average molecular weight is 791 g/mol. The average Bonchev–Trinajstić information content (AvgIpc) is 3.49. The summed E-state index contributed by atoms with van der Waals surface area (Å²) in [5.74, 6) is 0. The number of rotatable bonds is 10. The molecule has 0 aliphatic carbocycles. The van der Waals surface area contributed by atoms with Crippen LogP contribution in [0.2, 0.25) is 0 Å². The maximum Gasteiger partial charge on any atom is 1.00 e. The zero-order valence-corrected chi connectivity index (χ0v) is 32.2. The number of nitrogens with zero attached hydrogens (tertiary/aromatic N) is 3. The van der Waals surface area contributed by atoms with Crippen LogP contribution in [0.4, 0.5) is 11.4 Å². The van der Waals surface area contributed by atoms with Gasteiger partial charge in [-0.25, -0.2) is 0 Å². The number of para-hydroxylation sites is 2. The van der Waals surface area contributed by atoms with Crippen molar-refractivity contribution in [2.45, 2.75) is 13.8 Å². The first-order chi connectivity index (χ1) is 23.1. The summed E-state index contributed by atoms with van der Waals surface area (Å²) in [6.45, 7) is 10.4. The molecule has 0 amide bonds. The molecule has 0 atom stereocenters. The number of anilines is 2. The van der Waals surface area contributed by atoms with Crippen LogP contribution in [0.15, 0.2) is 146 Å². The molecule has 0 fully saturated rings. The molecule has 0 bridgehead atoms. The molecule has 244 valence electrons. The van der Waals surface area contributed by atoms with Gasteiger partial charge in [-0.2, -0.15) is 0 Å². The fourth-order valence-corrected chi connectivity index (χ4v) is 10.3. The van der Waals surface area contributed by atoms with E-state index in [4.69, 9.17) is 29.5 Å². The Kier molecular flexibility index (Phi) is 17.5. The number of hydrogen-bond donors (Lipinski definition) is 0. The predicted molar refractivity (Wildman–Crippen MR) is 212 cm³/mol. The van der Waals surface area contributed by atoms with E-state index in [1.165, 1.54) is 32.6 Å². The predicted octanol–water partition coefficient (Wildman–Crippen LogP) is 7.15. The molecule has 6 rings (SSSR count). The summed E-state index contributed by atoms with van der Waals surface area (Å²) in [4.78, 5) is 6.92. The third kappa shape index (κ3) is 10.8. The van der Waals surface area contributed by atoms with Crippen molar-refractivity contribution in [2.75, 3.05) is 35.3 Å². The van der Waals surface area contributed by atoms with E-state index < -0.39 is 15.8 Å². The van der Waals surface area contributed by atoms with Gasteiger partial charge < -0.3 is 39.4 Å². The molecule has 0 saturated carbocycles. The summed E-state index contributed by atoms with van der Waals surface area (Å²) in [5.41, 5.74) is 2.58. The number of benzene rings is 5. The maximum absolute atomic E-state index is 7.50. The first-order valence-electron chi connectivity index (χ1n) is 15.5. The van der Waals surface area contributed by atoms with Gasteiger partial charge in [0.05, 0.1) is 0 Å². The largest absolute Gasteiger partial charge is 1.00 e. The van der Waals surface area contributed by atoms with Crippen molar-refractivity contribution in [1.29, 1.82) is 0 Å². The number of hydrogen-bond acceptors (Lipinski definition) is 4. The Labute approximate surface area is 313 Å². The van der Waals surface area contributed by atoms with Crippen molar-refractivity contribution in [3.05, 3.63) is 152 Å². The van der Waals surface area contributed by atoms with Crippen LogP contribution in [-0.2, 0) is 36.8 Å². The van der Waals surface area contributed by atoms with Crippen molar-refractivity contribution in [2.24, 2.45) is 0 Å². The molecular weight excluding hydrogens is 752 g/mol. The normalized spacial score (nSPS) is 11.2. The SMILES string of the molecule is CCN(CC)C(=S)[S-].[B]1N(CP(c2ccccc2)c2ccccc2)c2ccccc2N1CP(c1ccccc1)c1ccccc1.[C-]#[O+].[Ru+]. The van der Waals surface area contributed by atoms with E-state index >= 15 is 0 Å². The van der Waals surface area contributed by atoms with Gasteiger partial charge in [0.2, 0.25) is 0 Å². The minimum absolute atomic E-state index is 0. The van der Waals surface area contributed by atoms with Crippen molar-refractivity contribution >= 4 is 85.2 Å². The van der Waals surface area contributed by atoms with Crippen LogP contribution in [0.25, 0.3) is 0 Å². The van der Waals surface area contributed by atoms with E-state index in [1.807, 2.05) is 18.7 Å². The summed E-state index contributed by atoms with van der Waals surface area (Å²) < 4.78 is 8.08. The Morgan fingerprint density at radius 1 is 0.604 bits per heavy atom. The summed E-state index contributed by atoms with van der Waals surface area (Å²) in [6.07, 6.45) is 1.90. The zero-order chi connectivity index (χ0) is 33.4. The second kappa shape index (κ2) is 21.2. The molecule has 48 heavy (non-hydrogen) atoms.